The standard InChI is InChI=1S/C65H85N8O17PS/c1-43(2)35-52(64(81)84-4)69-62(79)55-36-49-37-73(55)63(80)57(44(3)90-91(83,88-40-47-23-14-8-15-24-47)89-41-48-25-16-9-17-26-48)71-60(77)53(42-85-38-45-19-10-6-11-20-45)70-58(75)50(28-29-56(74)66-31-33-86-49)67-59(76)51(30-34-92-5)68-61(78)54-27-18-32-72(54)65(82)87-39-46-21-12-7-13-22-46/h6-17,19-26,43-44,49-55,57H,18,27-42H2,1-5H3,(H,66,74)(H,67,76)(H,68,78)(H,69,79)(H,70,75)(H,71,77)/t44-,49-,50+,51+,52+,53+,54+,55+,57+/m1/s1. The molecule has 6 N–H and O–H groups in total. The second kappa shape index (κ2) is 36.5. The lowest BCUT2D eigenvalue weighted by Gasteiger charge is -2.34. The van der Waals surface area contributed by atoms with Gasteiger partial charge in [-0.2, -0.15) is 11.8 Å². The predicted molar refractivity (Wildman–Crippen MR) is 339 cm³/mol. The number of carbonyl (C=O) groups excluding carboxylic acids is 9. The number of benzene rings is 4. The summed E-state index contributed by atoms with van der Waals surface area (Å²) >= 11 is 1.40. The van der Waals surface area contributed by atoms with Crippen LogP contribution in [0.15, 0.2) is 121 Å². The van der Waals surface area contributed by atoms with Gasteiger partial charge in [-0.1, -0.05) is 135 Å². The summed E-state index contributed by atoms with van der Waals surface area (Å²) in [5, 5.41) is 16.4. The highest BCUT2D eigenvalue weighted by atomic mass is 32.2. The second-order valence-corrected chi connectivity index (χ2v) is 25.6. The van der Waals surface area contributed by atoms with Crippen molar-refractivity contribution in [3.05, 3.63) is 144 Å². The van der Waals surface area contributed by atoms with Crippen LogP contribution in [-0.4, -0.2) is 170 Å². The number of amides is 8. The molecule has 0 aliphatic carbocycles. The van der Waals surface area contributed by atoms with Crippen LogP contribution in [0.4, 0.5) is 4.79 Å². The fourth-order valence-corrected chi connectivity index (χ4v) is 12.4. The molecule has 4 aromatic rings. The molecule has 2 bridgehead atoms. The van der Waals surface area contributed by atoms with Crippen LogP contribution in [0.3, 0.4) is 0 Å². The Morgan fingerprint density at radius 2 is 1.30 bits per heavy atom. The number of fused-ring (bicyclic) bond motifs is 2. The quantitative estimate of drug-likeness (QED) is 0.0328. The largest absolute Gasteiger partial charge is 0.475 e. The van der Waals surface area contributed by atoms with Crippen molar-refractivity contribution in [2.45, 2.75) is 147 Å². The number of hydrogen-bond donors (Lipinski definition) is 6. The maximum Gasteiger partial charge on any atom is 0.475 e. The van der Waals surface area contributed by atoms with Gasteiger partial charge in [0.1, 0.15) is 48.9 Å². The Kier molecular flexibility index (Phi) is 28.5. The van der Waals surface area contributed by atoms with Gasteiger partial charge in [0, 0.05) is 32.5 Å². The number of rotatable bonds is 27. The summed E-state index contributed by atoms with van der Waals surface area (Å²) in [7, 11) is -3.58. The lowest BCUT2D eigenvalue weighted by Crippen LogP contribution is -2.62. The van der Waals surface area contributed by atoms with Crippen molar-refractivity contribution in [2.24, 2.45) is 5.92 Å². The van der Waals surface area contributed by atoms with E-state index >= 15 is 14.2 Å². The highest BCUT2D eigenvalue weighted by molar-refractivity contribution is 7.98. The first-order chi connectivity index (χ1) is 44.3. The summed E-state index contributed by atoms with van der Waals surface area (Å²) in [6, 6.07) is 25.6. The van der Waals surface area contributed by atoms with Crippen LogP contribution in [0.2, 0.25) is 0 Å². The Bertz CT molecular complexity index is 3080. The number of likely N-dealkylation sites (tertiary alicyclic amines) is 1. The molecule has 3 aliphatic heterocycles. The molecule has 0 unspecified atom stereocenters. The van der Waals surface area contributed by atoms with E-state index in [9.17, 15) is 33.6 Å². The SMILES string of the molecule is COC(=O)[C@H](CC(C)C)NC(=O)[C@@H]1C[C@@H]2CN1C(=O)[C@H]([C@@H](C)OP(=O)(OCc1ccccc1)OCc1ccccc1)NC(=O)[C@H](COCc1ccccc1)NC(=O)[C@@H](NC(=O)[C@H](CCSC)NC(=O)[C@@H]1CCCN1C(=O)OCc1ccccc1)CCC(=O)NCCO2. The van der Waals surface area contributed by atoms with Gasteiger partial charge in [-0.15, -0.1) is 0 Å². The average molecular weight is 1310 g/mol. The highest BCUT2D eigenvalue weighted by Crippen LogP contribution is 2.52. The summed E-state index contributed by atoms with van der Waals surface area (Å²) in [5.41, 5.74) is 2.62. The first-order valence-corrected chi connectivity index (χ1v) is 33.7. The van der Waals surface area contributed by atoms with E-state index in [2.05, 4.69) is 31.9 Å². The van der Waals surface area contributed by atoms with E-state index < -0.39 is 122 Å². The van der Waals surface area contributed by atoms with E-state index in [0.717, 1.165) is 10.5 Å². The maximum absolute atomic E-state index is 15.7. The van der Waals surface area contributed by atoms with Gasteiger partial charge in [-0.3, -0.25) is 52.0 Å². The van der Waals surface area contributed by atoms with E-state index in [1.54, 1.807) is 103 Å². The minimum atomic E-state index is -4.76. The van der Waals surface area contributed by atoms with Gasteiger partial charge in [0.15, 0.2) is 0 Å². The van der Waals surface area contributed by atoms with E-state index in [0.29, 0.717) is 28.9 Å². The number of phosphoric acid groups is 1. The normalized spacial score (nSPS) is 21.1. The molecule has 0 aromatic heterocycles. The van der Waals surface area contributed by atoms with Crippen LogP contribution in [0.25, 0.3) is 0 Å². The van der Waals surface area contributed by atoms with Crippen LogP contribution in [-0.2, 0) is 102 Å². The van der Waals surface area contributed by atoms with Gasteiger partial charge in [-0.25, -0.2) is 14.2 Å². The zero-order valence-electron chi connectivity index (χ0n) is 52.5. The van der Waals surface area contributed by atoms with E-state index in [1.807, 2.05) is 38.3 Å². The Morgan fingerprint density at radius 3 is 1.89 bits per heavy atom. The summed E-state index contributed by atoms with van der Waals surface area (Å²) in [6.45, 7) is 3.60. The lowest BCUT2D eigenvalue weighted by molar-refractivity contribution is -0.148. The molecule has 27 heteroatoms. The number of thioether (sulfide) groups is 1. The highest BCUT2D eigenvalue weighted by Gasteiger charge is 2.47. The van der Waals surface area contributed by atoms with Gasteiger partial charge in [0.2, 0.25) is 41.4 Å². The summed E-state index contributed by atoms with van der Waals surface area (Å²) in [4.78, 5) is 132. The van der Waals surface area contributed by atoms with Crippen molar-refractivity contribution in [2.75, 3.05) is 52.0 Å². The van der Waals surface area contributed by atoms with Crippen molar-refractivity contribution in [3.8, 4) is 0 Å². The number of ether oxygens (including phenoxy) is 4. The van der Waals surface area contributed by atoms with Crippen LogP contribution in [0.5, 0.6) is 0 Å². The van der Waals surface area contributed by atoms with E-state index in [-0.39, 0.29) is 97.1 Å². The molecule has 3 heterocycles. The molecule has 9 atom stereocenters. The monoisotopic (exact) mass is 1310 g/mol. The summed E-state index contributed by atoms with van der Waals surface area (Å²) < 4.78 is 56.2. The zero-order valence-corrected chi connectivity index (χ0v) is 54.2. The maximum atomic E-state index is 15.7. The number of nitrogens with one attached hydrogen (secondary N) is 6. The third-order valence-electron chi connectivity index (χ3n) is 15.5. The molecule has 4 aromatic carbocycles. The third-order valence-corrected chi connectivity index (χ3v) is 17.6. The molecule has 498 valence electrons. The Hall–Kier alpha value is -7.71. The molecule has 3 aliphatic rings. The van der Waals surface area contributed by atoms with Crippen molar-refractivity contribution in [1.29, 1.82) is 0 Å². The number of nitrogens with zero attached hydrogens (tertiary/aromatic N) is 2. The van der Waals surface area contributed by atoms with Crippen molar-refractivity contribution in [3.63, 3.8) is 0 Å². The Morgan fingerprint density at radius 1 is 0.728 bits per heavy atom. The third kappa shape index (κ3) is 22.3. The first kappa shape index (κ1) is 71.7. The van der Waals surface area contributed by atoms with Crippen molar-refractivity contribution >= 4 is 73.0 Å². The predicted octanol–water partition coefficient (Wildman–Crippen LogP) is 5.24. The van der Waals surface area contributed by atoms with Crippen molar-refractivity contribution < 1.29 is 80.2 Å². The minimum Gasteiger partial charge on any atom is -0.467 e. The molecule has 0 saturated carbocycles. The molecule has 3 fully saturated rings. The number of carbonyl (C=O) groups is 9. The van der Waals surface area contributed by atoms with Crippen LogP contribution >= 0.6 is 19.6 Å². The number of esters is 1. The van der Waals surface area contributed by atoms with Gasteiger partial charge < -0.3 is 55.7 Å². The molecule has 0 spiro atoms. The van der Waals surface area contributed by atoms with Crippen LogP contribution in [0, 0.1) is 5.92 Å². The van der Waals surface area contributed by atoms with Gasteiger partial charge in [0.25, 0.3) is 0 Å². The lowest BCUT2D eigenvalue weighted by atomic mass is 10.0. The van der Waals surface area contributed by atoms with Crippen LogP contribution < -0.4 is 31.9 Å². The van der Waals surface area contributed by atoms with Crippen LogP contribution in [0.1, 0.15) is 88.0 Å². The second-order valence-electron chi connectivity index (χ2n) is 23.0. The van der Waals surface area contributed by atoms with E-state index in [4.69, 9.17) is 32.5 Å². The van der Waals surface area contributed by atoms with E-state index in [1.165, 1.54) is 30.7 Å². The molecule has 8 amide bonds. The Balaban J connectivity index is 1.22. The molecular formula is C65H85N8O17PS. The van der Waals surface area contributed by atoms with Gasteiger partial charge >= 0.3 is 19.9 Å². The summed E-state index contributed by atoms with van der Waals surface area (Å²) in [5.74, 6) is -6.17. The number of methoxy groups -OCH3 is 1. The number of phosphoric ester groups is 1. The first-order valence-electron chi connectivity index (χ1n) is 30.8. The Labute approximate surface area is 540 Å². The molecule has 92 heavy (non-hydrogen) atoms. The van der Waals surface area contributed by atoms with Crippen molar-refractivity contribution in [1.82, 2.24) is 41.7 Å². The zero-order chi connectivity index (χ0) is 66.0. The molecular weight excluding hydrogens is 1230 g/mol. The minimum absolute atomic E-state index is 0.0227. The molecule has 3 saturated heterocycles. The fraction of sp³-hybridized carbons (Fsp3) is 0.492. The fourth-order valence-electron chi connectivity index (χ4n) is 10.6. The molecule has 0 radical (unpaired) electrons. The number of hydrogen-bond acceptors (Lipinski definition) is 18. The summed E-state index contributed by atoms with van der Waals surface area (Å²) in [6.07, 6.45) is -1.15. The average Bonchev–Trinajstić information content (AvgIpc) is 1.65. The topological polar surface area (TPSA) is 314 Å². The smallest absolute Gasteiger partial charge is 0.467 e. The molecule has 25 nitrogen and oxygen atoms in total. The molecule has 7 rings (SSSR count). The van der Waals surface area contributed by atoms with Gasteiger partial charge in [-0.05, 0) is 79.2 Å². The van der Waals surface area contributed by atoms with Gasteiger partial charge in [0.05, 0.1) is 52.4 Å².